The zero-order valence-electron chi connectivity index (χ0n) is 10.4. The summed E-state index contributed by atoms with van der Waals surface area (Å²) in [6.45, 7) is 1.91. The Labute approximate surface area is 110 Å². The predicted molar refractivity (Wildman–Crippen MR) is 69.7 cm³/mol. The largest absolute Gasteiger partial charge is 0.496 e. The maximum Gasteiger partial charge on any atom is 0.166 e. The van der Waals surface area contributed by atoms with Crippen LogP contribution in [0.25, 0.3) is 11.3 Å². The molecule has 0 saturated carbocycles. The van der Waals surface area contributed by atoms with Crippen molar-refractivity contribution in [3.63, 3.8) is 0 Å². The lowest BCUT2D eigenvalue weighted by molar-refractivity contribution is 0.413. The van der Waals surface area contributed by atoms with Crippen molar-refractivity contribution in [2.45, 2.75) is 6.92 Å². The third kappa shape index (κ3) is 1.93. The molecule has 2 aromatic rings. The average Bonchev–Trinajstić information content (AvgIpc) is 2.69. The average molecular weight is 262 g/mol. The molecule has 0 aliphatic heterocycles. The van der Waals surface area contributed by atoms with Gasteiger partial charge in [0.25, 0.3) is 0 Å². The third-order valence-corrected chi connectivity index (χ3v) is 2.96. The summed E-state index contributed by atoms with van der Waals surface area (Å²) < 4.78 is 7.18. The summed E-state index contributed by atoms with van der Waals surface area (Å²) in [5, 5.41) is 9.70. The molecule has 0 fully saturated rings. The second-order valence-electron chi connectivity index (χ2n) is 3.97. The molecule has 2 rings (SSSR count). The second kappa shape index (κ2) is 4.71. The van der Waals surface area contributed by atoms with Gasteiger partial charge in [-0.2, -0.15) is 5.26 Å². The van der Waals surface area contributed by atoms with Crippen LogP contribution in [0, 0.1) is 18.3 Å². The summed E-state index contributed by atoms with van der Waals surface area (Å²) in [6.07, 6.45) is 1.60. The molecule has 0 unspecified atom stereocenters. The molecular formula is C13H12ClN3O. The fourth-order valence-corrected chi connectivity index (χ4v) is 2.28. The molecule has 4 nitrogen and oxygen atoms in total. The lowest BCUT2D eigenvalue weighted by Crippen LogP contribution is -1.97. The fourth-order valence-electron chi connectivity index (χ4n) is 2.01. The van der Waals surface area contributed by atoms with Gasteiger partial charge in [-0.25, -0.2) is 4.98 Å². The number of ether oxygens (including phenoxy) is 1. The molecule has 0 saturated heterocycles. The highest BCUT2D eigenvalue weighted by atomic mass is 35.5. The van der Waals surface area contributed by atoms with Crippen LogP contribution in [0.15, 0.2) is 18.5 Å². The van der Waals surface area contributed by atoms with Crippen molar-refractivity contribution in [3.8, 4) is 23.1 Å². The predicted octanol–water partition coefficient (Wildman–Crippen LogP) is 2.93. The van der Waals surface area contributed by atoms with Crippen LogP contribution in [-0.4, -0.2) is 16.7 Å². The highest BCUT2D eigenvalue weighted by molar-refractivity contribution is 6.31. The molecule has 0 N–H and O–H groups in total. The Balaban J connectivity index is 2.78. The Hall–Kier alpha value is -1.99. The topological polar surface area (TPSA) is 50.8 Å². The number of aromatic nitrogens is 2. The van der Waals surface area contributed by atoms with E-state index in [2.05, 4.69) is 11.1 Å². The van der Waals surface area contributed by atoms with E-state index in [1.165, 1.54) is 0 Å². The van der Waals surface area contributed by atoms with E-state index in [0.717, 1.165) is 11.1 Å². The molecule has 0 radical (unpaired) electrons. The van der Waals surface area contributed by atoms with E-state index in [-0.39, 0.29) is 0 Å². The summed E-state index contributed by atoms with van der Waals surface area (Å²) in [4.78, 5) is 4.05. The Morgan fingerprint density at radius 2 is 2.17 bits per heavy atom. The minimum Gasteiger partial charge on any atom is -0.496 e. The van der Waals surface area contributed by atoms with Gasteiger partial charge in [-0.05, 0) is 24.6 Å². The van der Waals surface area contributed by atoms with Gasteiger partial charge in [-0.3, -0.25) is 0 Å². The Kier molecular flexibility index (Phi) is 3.26. The van der Waals surface area contributed by atoms with E-state index in [1.807, 2.05) is 20.0 Å². The number of hydrogen-bond acceptors (Lipinski definition) is 3. The van der Waals surface area contributed by atoms with Crippen LogP contribution < -0.4 is 4.74 Å². The number of halogens is 1. The van der Waals surface area contributed by atoms with Gasteiger partial charge in [0, 0.05) is 17.6 Å². The Morgan fingerprint density at radius 1 is 1.44 bits per heavy atom. The molecule has 0 aliphatic carbocycles. The number of nitrogens with zero attached hydrogens (tertiary/aromatic N) is 3. The number of nitriles is 1. The summed E-state index contributed by atoms with van der Waals surface area (Å²) in [5.74, 6) is 0.708. The van der Waals surface area contributed by atoms with Gasteiger partial charge < -0.3 is 9.30 Å². The van der Waals surface area contributed by atoms with E-state index < -0.39 is 0 Å². The highest BCUT2D eigenvalue weighted by Gasteiger charge is 2.17. The van der Waals surface area contributed by atoms with Gasteiger partial charge in [0.1, 0.15) is 11.8 Å². The number of imidazole rings is 1. The smallest absolute Gasteiger partial charge is 0.166 e. The first-order chi connectivity index (χ1) is 8.58. The van der Waals surface area contributed by atoms with E-state index in [4.69, 9.17) is 21.6 Å². The Morgan fingerprint density at radius 3 is 2.78 bits per heavy atom. The van der Waals surface area contributed by atoms with Gasteiger partial charge in [0.15, 0.2) is 5.69 Å². The van der Waals surface area contributed by atoms with Gasteiger partial charge in [-0.1, -0.05) is 11.6 Å². The normalized spacial score (nSPS) is 10.2. The van der Waals surface area contributed by atoms with Crippen molar-refractivity contribution < 1.29 is 4.74 Å². The van der Waals surface area contributed by atoms with E-state index >= 15 is 0 Å². The van der Waals surface area contributed by atoms with E-state index in [0.29, 0.717) is 22.2 Å². The highest BCUT2D eigenvalue weighted by Crippen LogP contribution is 2.36. The maximum absolute atomic E-state index is 9.10. The molecule has 92 valence electrons. The van der Waals surface area contributed by atoms with E-state index in [9.17, 15) is 0 Å². The van der Waals surface area contributed by atoms with Gasteiger partial charge in [-0.15, -0.1) is 0 Å². The number of rotatable bonds is 2. The molecule has 5 heteroatoms. The molecule has 1 heterocycles. The van der Waals surface area contributed by atoms with Crippen molar-refractivity contribution in [2.24, 2.45) is 7.05 Å². The zero-order chi connectivity index (χ0) is 13.3. The molecule has 0 aliphatic rings. The van der Waals surface area contributed by atoms with Crippen molar-refractivity contribution in [2.75, 3.05) is 7.11 Å². The first-order valence-corrected chi connectivity index (χ1v) is 5.72. The van der Waals surface area contributed by atoms with Crippen LogP contribution in [-0.2, 0) is 7.05 Å². The van der Waals surface area contributed by atoms with Crippen LogP contribution >= 0.6 is 11.6 Å². The van der Waals surface area contributed by atoms with Gasteiger partial charge >= 0.3 is 0 Å². The molecule has 0 spiro atoms. The molecule has 1 aromatic heterocycles. The standard InChI is InChI=1S/C13H12ClN3O/c1-8-4-9(14)5-10(13(8)18-3)12-11(6-15)16-7-17(12)2/h4-5,7H,1-3H3. The first-order valence-electron chi connectivity index (χ1n) is 5.34. The third-order valence-electron chi connectivity index (χ3n) is 2.74. The van der Waals surface area contributed by atoms with Crippen LogP contribution in [0.4, 0.5) is 0 Å². The summed E-state index contributed by atoms with van der Waals surface area (Å²) in [7, 11) is 3.43. The van der Waals surface area contributed by atoms with Crippen LogP contribution in [0.1, 0.15) is 11.3 Å². The molecule has 0 amide bonds. The second-order valence-corrected chi connectivity index (χ2v) is 4.40. The molecular weight excluding hydrogens is 250 g/mol. The summed E-state index contributed by atoms with van der Waals surface area (Å²) >= 11 is 6.08. The lowest BCUT2D eigenvalue weighted by atomic mass is 10.1. The molecule has 18 heavy (non-hydrogen) atoms. The molecule has 0 atom stereocenters. The summed E-state index contributed by atoms with van der Waals surface area (Å²) in [5.41, 5.74) is 2.77. The molecule has 1 aromatic carbocycles. The summed E-state index contributed by atoms with van der Waals surface area (Å²) in [6, 6.07) is 5.68. The number of hydrogen-bond donors (Lipinski definition) is 0. The fraction of sp³-hybridized carbons (Fsp3) is 0.231. The monoisotopic (exact) mass is 261 g/mol. The number of methoxy groups -OCH3 is 1. The van der Waals surface area contributed by atoms with E-state index in [1.54, 1.807) is 24.1 Å². The quantitative estimate of drug-likeness (QED) is 0.835. The molecule has 0 bridgehead atoms. The van der Waals surface area contributed by atoms with Crippen molar-refractivity contribution in [3.05, 3.63) is 34.7 Å². The first kappa shape index (κ1) is 12.5. The van der Waals surface area contributed by atoms with Crippen LogP contribution in [0.3, 0.4) is 0 Å². The van der Waals surface area contributed by atoms with Gasteiger partial charge in [0.2, 0.25) is 0 Å². The van der Waals surface area contributed by atoms with Crippen molar-refractivity contribution in [1.29, 1.82) is 5.26 Å². The maximum atomic E-state index is 9.10. The van der Waals surface area contributed by atoms with Crippen molar-refractivity contribution >= 4 is 11.6 Å². The Bertz CT molecular complexity index is 640. The minimum absolute atomic E-state index is 0.359. The minimum atomic E-state index is 0.359. The number of aryl methyl sites for hydroxylation is 2. The lowest BCUT2D eigenvalue weighted by Gasteiger charge is -2.12. The van der Waals surface area contributed by atoms with Crippen molar-refractivity contribution in [1.82, 2.24) is 9.55 Å². The van der Waals surface area contributed by atoms with Crippen LogP contribution in [0.5, 0.6) is 5.75 Å². The zero-order valence-corrected chi connectivity index (χ0v) is 11.1. The van der Waals surface area contributed by atoms with Crippen LogP contribution in [0.2, 0.25) is 5.02 Å². The number of benzene rings is 1. The SMILES string of the molecule is COc1c(C)cc(Cl)cc1-c1c(C#N)ncn1C. The van der Waals surface area contributed by atoms with Gasteiger partial charge in [0.05, 0.1) is 19.1 Å².